The van der Waals surface area contributed by atoms with Gasteiger partial charge in [0.05, 0.1) is 18.5 Å². The van der Waals surface area contributed by atoms with E-state index in [9.17, 15) is 13.2 Å². The van der Waals surface area contributed by atoms with E-state index in [1.165, 1.54) is 6.07 Å². The fourth-order valence-corrected chi connectivity index (χ4v) is 3.77. The second kappa shape index (κ2) is 8.23. The first-order chi connectivity index (χ1) is 14.4. The summed E-state index contributed by atoms with van der Waals surface area (Å²) in [5, 5.41) is 4.63. The van der Waals surface area contributed by atoms with E-state index in [0.29, 0.717) is 48.5 Å². The molecule has 3 aromatic heterocycles. The van der Waals surface area contributed by atoms with Gasteiger partial charge in [0.1, 0.15) is 5.82 Å². The molecule has 0 atom stereocenters. The van der Waals surface area contributed by atoms with Crippen molar-refractivity contribution in [2.24, 2.45) is 0 Å². The van der Waals surface area contributed by atoms with Gasteiger partial charge in [0, 0.05) is 38.9 Å². The highest BCUT2D eigenvalue weighted by Crippen LogP contribution is 2.29. The van der Waals surface area contributed by atoms with E-state index in [2.05, 4.69) is 15.0 Å². The van der Waals surface area contributed by atoms with E-state index in [1.807, 2.05) is 28.5 Å². The molecule has 3 aromatic rings. The number of halogens is 3. The van der Waals surface area contributed by atoms with Gasteiger partial charge in [-0.2, -0.15) is 13.2 Å². The first-order valence-electron chi connectivity index (χ1n) is 9.59. The normalized spacial score (nSPS) is 15.7. The number of anilines is 1. The van der Waals surface area contributed by atoms with Gasteiger partial charge >= 0.3 is 6.18 Å². The molecule has 1 fully saturated rings. The first-order valence-corrected chi connectivity index (χ1v) is 9.99. The fraction of sp³-hybridized carbons (Fsp3) is 0.421. The zero-order valence-electron chi connectivity index (χ0n) is 16.3. The Labute approximate surface area is 176 Å². The van der Waals surface area contributed by atoms with Crippen LogP contribution in [0.1, 0.15) is 12.5 Å². The molecule has 1 saturated heterocycles. The molecule has 0 bridgehead atoms. The minimum absolute atomic E-state index is 0.536. The van der Waals surface area contributed by atoms with Crippen molar-refractivity contribution in [3.63, 3.8) is 0 Å². The summed E-state index contributed by atoms with van der Waals surface area (Å²) >= 11 is 5.58. The first kappa shape index (κ1) is 20.6. The molecule has 4 rings (SSSR count). The fourth-order valence-electron chi connectivity index (χ4n) is 3.45. The van der Waals surface area contributed by atoms with Crippen LogP contribution in [0.4, 0.5) is 19.0 Å². The van der Waals surface area contributed by atoms with E-state index in [0.717, 1.165) is 25.4 Å². The molecule has 0 unspecified atom stereocenters. The number of hydrogen-bond acceptors (Lipinski definition) is 6. The van der Waals surface area contributed by atoms with E-state index in [1.54, 1.807) is 10.9 Å². The monoisotopic (exact) mass is 438 g/mol. The highest BCUT2D eigenvalue weighted by atomic mass is 32.1. The maximum atomic E-state index is 12.7. The third-order valence-corrected chi connectivity index (χ3v) is 5.52. The summed E-state index contributed by atoms with van der Waals surface area (Å²) in [6.07, 6.45) is -1.89. The molecule has 0 spiro atoms. The van der Waals surface area contributed by atoms with Gasteiger partial charge in [-0.05, 0) is 43.4 Å². The molecule has 1 aliphatic rings. The molecule has 0 aliphatic carbocycles. The molecule has 0 radical (unpaired) electrons. The van der Waals surface area contributed by atoms with Crippen molar-refractivity contribution in [1.29, 1.82) is 0 Å². The maximum absolute atomic E-state index is 12.7. The van der Waals surface area contributed by atoms with Gasteiger partial charge in [0.2, 0.25) is 0 Å². The maximum Gasteiger partial charge on any atom is 0.417 e. The number of pyridine rings is 1. The molecular weight excluding hydrogens is 417 g/mol. The van der Waals surface area contributed by atoms with Gasteiger partial charge in [-0.15, -0.1) is 5.10 Å². The molecule has 30 heavy (non-hydrogen) atoms. The Bertz CT molecular complexity index is 1030. The largest absolute Gasteiger partial charge is 0.461 e. The van der Waals surface area contributed by atoms with Crippen LogP contribution in [0.3, 0.4) is 0 Å². The second-order valence-electron chi connectivity index (χ2n) is 6.98. The summed E-state index contributed by atoms with van der Waals surface area (Å²) in [5.74, 6) is 1.91. The second-order valence-corrected chi connectivity index (χ2v) is 7.34. The van der Waals surface area contributed by atoms with Gasteiger partial charge in [0.25, 0.3) is 0 Å². The van der Waals surface area contributed by atoms with Gasteiger partial charge in [-0.3, -0.25) is 9.47 Å². The molecular formula is C19H21F3N6OS. The van der Waals surface area contributed by atoms with Crippen molar-refractivity contribution in [1.82, 2.24) is 24.2 Å². The Kier molecular flexibility index (Phi) is 5.65. The lowest BCUT2D eigenvalue weighted by Gasteiger charge is -2.35. The van der Waals surface area contributed by atoms with Crippen LogP contribution < -0.4 is 4.90 Å². The SMILES string of the molecule is CCn1c(-c2ccco2)nn(CN2CCN(c3ccc(C(F)(F)F)cn3)CC2)c1=S. The van der Waals surface area contributed by atoms with Crippen LogP contribution in [-0.2, 0) is 19.4 Å². The Hall–Kier alpha value is -2.66. The Morgan fingerprint density at radius 1 is 1.13 bits per heavy atom. The summed E-state index contributed by atoms with van der Waals surface area (Å²) in [6.45, 7) is 5.98. The lowest BCUT2D eigenvalue weighted by Crippen LogP contribution is -2.47. The van der Waals surface area contributed by atoms with Crippen molar-refractivity contribution in [3.05, 3.63) is 47.1 Å². The minimum Gasteiger partial charge on any atom is -0.461 e. The molecule has 7 nitrogen and oxygen atoms in total. The Morgan fingerprint density at radius 3 is 2.47 bits per heavy atom. The predicted octanol–water partition coefficient (Wildman–Crippen LogP) is 3.89. The smallest absolute Gasteiger partial charge is 0.417 e. The lowest BCUT2D eigenvalue weighted by atomic mass is 10.2. The van der Waals surface area contributed by atoms with Crippen LogP contribution in [0, 0.1) is 4.77 Å². The number of furan rings is 1. The molecule has 4 heterocycles. The van der Waals surface area contributed by atoms with E-state index in [-0.39, 0.29) is 0 Å². The van der Waals surface area contributed by atoms with Crippen molar-refractivity contribution in [2.75, 3.05) is 31.1 Å². The third-order valence-electron chi connectivity index (χ3n) is 5.09. The van der Waals surface area contributed by atoms with Gasteiger partial charge in [0.15, 0.2) is 16.4 Å². The molecule has 1 aliphatic heterocycles. The molecule has 0 saturated carbocycles. The van der Waals surface area contributed by atoms with Crippen LogP contribution in [0.25, 0.3) is 11.6 Å². The number of piperazine rings is 1. The highest BCUT2D eigenvalue weighted by molar-refractivity contribution is 7.71. The zero-order valence-corrected chi connectivity index (χ0v) is 17.2. The van der Waals surface area contributed by atoms with E-state index < -0.39 is 11.7 Å². The Morgan fingerprint density at radius 2 is 1.90 bits per heavy atom. The van der Waals surface area contributed by atoms with Crippen molar-refractivity contribution >= 4 is 18.0 Å². The summed E-state index contributed by atoms with van der Waals surface area (Å²) in [6, 6.07) is 6.16. The predicted molar refractivity (Wildman–Crippen MR) is 107 cm³/mol. The van der Waals surface area contributed by atoms with Gasteiger partial charge < -0.3 is 9.32 Å². The van der Waals surface area contributed by atoms with Crippen LogP contribution in [0.2, 0.25) is 0 Å². The highest BCUT2D eigenvalue weighted by Gasteiger charge is 2.31. The summed E-state index contributed by atoms with van der Waals surface area (Å²) in [7, 11) is 0. The van der Waals surface area contributed by atoms with Crippen LogP contribution >= 0.6 is 12.2 Å². The quantitative estimate of drug-likeness (QED) is 0.564. The number of nitrogens with zero attached hydrogens (tertiary/aromatic N) is 6. The third kappa shape index (κ3) is 4.12. The van der Waals surface area contributed by atoms with Crippen LogP contribution in [0.15, 0.2) is 41.1 Å². The summed E-state index contributed by atoms with van der Waals surface area (Å²) in [5.41, 5.74) is -0.738. The van der Waals surface area contributed by atoms with E-state index >= 15 is 0 Å². The molecule has 0 N–H and O–H groups in total. The van der Waals surface area contributed by atoms with Crippen molar-refractivity contribution in [2.45, 2.75) is 26.3 Å². The van der Waals surface area contributed by atoms with E-state index in [4.69, 9.17) is 16.6 Å². The Balaban J connectivity index is 1.41. The standard InChI is InChI=1S/C19H21F3N6OS/c1-2-27-17(15-4-3-11-29-15)24-28(18(27)30)13-25-7-9-26(10-8-25)16-6-5-14(12-23-16)19(20,21)22/h3-6,11-12H,2,7-10,13H2,1H3. The molecule has 0 amide bonds. The number of alkyl halides is 3. The number of aromatic nitrogens is 4. The van der Waals surface area contributed by atoms with Crippen molar-refractivity contribution in [3.8, 4) is 11.6 Å². The van der Waals surface area contributed by atoms with Gasteiger partial charge in [-0.1, -0.05) is 0 Å². The number of rotatable bonds is 5. The summed E-state index contributed by atoms with van der Waals surface area (Å²) in [4.78, 5) is 8.17. The number of hydrogen-bond donors (Lipinski definition) is 0. The molecule has 160 valence electrons. The zero-order chi connectivity index (χ0) is 21.3. The summed E-state index contributed by atoms with van der Waals surface area (Å²) < 4.78 is 47.9. The lowest BCUT2D eigenvalue weighted by molar-refractivity contribution is -0.137. The average molecular weight is 438 g/mol. The minimum atomic E-state index is -4.38. The average Bonchev–Trinajstić information content (AvgIpc) is 3.36. The van der Waals surface area contributed by atoms with Crippen LogP contribution in [0.5, 0.6) is 0 Å². The van der Waals surface area contributed by atoms with Crippen molar-refractivity contribution < 1.29 is 17.6 Å². The molecule has 11 heteroatoms. The van der Waals surface area contributed by atoms with Crippen LogP contribution in [-0.4, -0.2) is 50.4 Å². The molecule has 0 aromatic carbocycles. The topological polar surface area (TPSA) is 55.3 Å². The van der Waals surface area contributed by atoms with Gasteiger partial charge in [-0.25, -0.2) is 9.67 Å².